The number of para-hydroxylation sites is 1. The highest BCUT2D eigenvalue weighted by atomic mass is 32.2. The Morgan fingerprint density at radius 3 is 2.45 bits per heavy atom. The minimum atomic E-state index is -3.38. The maximum atomic E-state index is 13.8. The van der Waals surface area contributed by atoms with Gasteiger partial charge in [-0.1, -0.05) is 42.5 Å². The lowest BCUT2D eigenvalue weighted by Gasteiger charge is -2.33. The van der Waals surface area contributed by atoms with Gasteiger partial charge < -0.3 is 9.15 Å². The summed E-state index contributed by atoms with van der Waals surface area (Å²) in [6, 6.07) is 15.3. The van der Waals surface area contributed by atoms with Gasteiger partial charge in [0.1, 0.15) is 0 Å². The third-order valence-electron chi connectivity index (χ3n) is 5.36. The van der Waals surface area contributed by atoms with Crippen molar-refractivity contribution >= 4 is 22.2 Å². The maximum Gasteiger partial charge on any atom is 0.288 e. The molecule has 0 radical (unpaired) electrons. The number of ether oxygens (including phenoxy) is 1. The molecule has 2 heterocycles. The van der Waals surface area contributed by atoms with Crippen molar-refractivity contribution in [2.45, 2.75) is 25.4 Å². The van der Waals surface area contributed by atoms with Gasteiger partial charge in [-0.15, -0.1) is 5.10 Å². The Morgan fingerprint density at radius 1 is 1.09 bits per heavy atom. The van der Waals surface area contributed by atoms with Crippen LogP contribution in [-0.2, 0) is 22.4 Å². The Kier molecular flexibility index (Phi) is 7.23. The van der Waals surface area contributed by atoms with Crippen LogP contribution in [0.1, 0.15) is 24.5 Å². The average Bonchev–Trinajstić information content (AvgIpc) is 3.16. The van der Waals surface area contributed by atoms with Crippen LogP contribution < -0.4 is 4.74 Å². The lowest BCUT2D eigenvalue weighted by molar-refractivity contribution is 0.143. The third-order valence-corrected chi connectivity index (χ3v) is 7.50. The van der Waals surface area contributed by atoms with Crippen LogP contribution in [0.25, 0.3) is 0 Å². The molecule has 1 atom stereocenters. The molecule has 8 nitrogen and oxygen atoms in total. The van der Waals surface area contributed by atoms with E-state index >= 15 is 0 Å². The molecule has 1 saturated heterocycles. The van der Waals surface area contributed by atoms with Gasteiger partial charge in [-0.05, 0) is 36.8 Å². The molecule has 1 fully saturated rings. The Morgan fingerprint density at radius 2 is 1.76 bits per heavy atom. The average molecular weight is 493 g/mol. The maximum absolute atomic E-state index is 13.8. The molecule has 0 amide bonds. The van der Waals surface area contributed by atoms with Crippen LogP contribution in [0.3, 0.4) is 0 Å². The summed E-state index contributed by atoms with van der Waals surface area (Å²) in [5, 5.41) is 4.38. The van der Waals surface area contributed by atoms with E-state index in [0.717, 1.165) is 5.56 Å². The molecule has 3 aromatic rings. The minimum absolute atomic E-state index is 0.00849. The van der Waals surface area contributed by atoms with Crippen LogP contribution in [0.15, 0.2) is 59.0 Å². The van der Waals surface area contributed by atoms with Crippen molar-refractivity contribution in [2.75, 3.05) is 26.2 Å². The number of nitrogens with zero attached hydrogens (tertiary/aromatic N) is 4. The van der Waals surface area contributed by atoms with Crippen LogP contribution in [0.2, 0.25) is 0 Å². The fraction of sp³-hybridized carbons (Fsp3) is 0.364. The zero-order valence-corrected chi connectivity index (χ0v) is 19.8. The highest BCUT2D eigenvalue weighted by Gasteiger charge is 2.28. The third kappa shape index (κ3) is 5.85. The van der Waals surface area contributed by atoms with Crippen LogP contribution in [0.4, 0.5) is 4.39 Å². The molecule has 1 aliphatic rings. The number of hydrogen-bond acceptors (Lipinski definition) is 7. The van der Waals surface area contributed by atoms with Gasteiger partial charge in [0.25, 0.3) is 10.7 Å². The fourth-order valence-electron chi connectivity index (χ4n) is 3.57. The summed E-state index contributed by atoms with van der Waals surface area (Å²) in [6.07, 6.45) is -0.634. The molecule has 0 bridgehead atoms. The van der Waals surface area contributed by atoms with Gasteiger partial charge in [0.2, 0.25) is 10.0 Å². The summed E-state index contributed by atoms with van der Waals surface area (Å²) in [6.45, 7) is 3.92. The summed E-state index contributed by atoms with van der Waals surface area (Å²) in [5.74, 6) is -0.130. The quantitative estimate of drug-likeness (QED) is 0.445. The molecule has 0 N–H and O–H groups in total. The number of hydrogen-bond donors (Lipinski definition) is 0. The molecule has 0 aliphatic carbocycles. The van der Waals surface area contributed by atoms with Gasteiger partial charge in [-0.2, -0.15) is 4.31 Å². The summed E-state index contributed by atoms with van der Waals surface area (Å²) < 4.78 is 53.5. The molecule has 33 heavy (non-hydrogen) atoms. The second-order valence-corrected chi connectivity index (χ2v) is 10.1. The lowest BCUT2D eigenvalue weighted by Crippen LogP contribution is -2.49. The van der Waals surface area contributed by atoms with E-state index in [1.807, 2.05) is 30.3 Å². The summed E-state index contributed by atoms with van der Waals surface area (Å²) in [4.78, 5) is 2.23. The first-order chi connectivity index (χ1) is 15.8. The number of sulfonamides is 1. The first kappa shape index (κ1) is 23.6. The van der Waals surface area contributed by atoms with Crippen molar-refractivity contribution in [2.24, 2.45) is 0 Å². The van der Waals surface area contributed by atoms with Crippen molar-refractivity contribution in [3.8, 4) is 5.75 Å². The zero-order chi connectivity index (χ0) is 23.4. The zero-order valence-electron chi connectivity index (χ0n) is 18.1. The molecule has 0 unspecified atom stereocenters. The van der Waals surface area contributed by atoms with Crippen LogP contribution >= 0.6 is 12.2 Å². The molecule has 0 saturated carbocycles. The highest BCUT2D eigenvalue weighted by molar-refractivity contribution is 7.88. The summed E-state index contributed by atoms with van der Waals surface area (Å²) >= 11 is 5.28. The van der Waals surface area contributed by atoms with Gasteiger partial charge in [0.15, 0.2) is 17.7 Å². The van der Waals surface area contributed by atoms with Gasteiger partial charge in [-0.3, -0.25) is 4.90 Å². The Labute approximate surface area is 197 Å². The molecule has 176 valence electrons. The molecular weight excluding hydrogens is 467 g/mol. The van der Waals surface area contributed by atoms with Crippen LogP contribution in [-0.4, -0.2) is 53.6 Å². The van der Waals surface area contributed by atoms with E-state index in [4.69, 9.17) is 21.4 Å². The van der Waals surface area contributed by atoms with Gasteiger partial charge >= 0.3 is 0 Å². The Balaban J connectivity index is 1.34. The van der Waals surface area contributed by atoms with E-state index in [1.165, 1.54) is 21.1 Å². The number of halogens is 1. The Hall–Kier alpha value is -2.60. The monoisotopic (exact) mass is 492 g/mol. The molecule has 1 aliphatic heterocycles. The van der Waals surface area contributed by atoms with E-state index in [9.17, 15) is 12.8 Å². The summed E-state index contributed by atoms with van der Waals surface area (Å²) in [5.41, 5.74) is 0.771. The number of benzene rings is 2. The molecule has 0 spiro atoms. The molecular formula is C22H25FN4O4S2. The molecule has 4 rings (SSSR count). The van der Waals surface area contributed by atoms with Crippen molar-refractivity contribution in [1.82, 2.24) is 19.0 Å². The van der Waals surface area contributed by atoms with Gasteiger partial charge in [0, 0.05) is 26.2 Å². The van der Waals surface area contributed by atoms with E-state index in [1.54, 1.807) is 19.1 Å². The van der Waals surface area contributed by atoms with Crippen molar-refractivity contribution in [3.05, 3.63) is 76.7 Å². The molecule has 11 heteroatoms. The summed E-state index contributed by atoms with van der Waals surface area (Å²) in [7, 11) is -3.38. The fourth-order valence-corrected chi connectivity index (χ4v) is 5.27. The number of rotatable bonds is 8. The van der Waals surface area contributed by atoms with Crippen molar-refractivity contribution in [1.29, 1.82) is 0 Å². The SMILES string of the molecule is C[C@H](Oc1ccccc1F)c1nn(CN2CCN(S(=O)(=O)Cc3ccccc3)CC2)c(=S)o1. The molecule has 1 aromatic heterocycles. The van der Waals surface area contributed by atoms with Crippen molar-refractivity contribution in [3.63, 3.8) is 0 Å². The minimum Gasteiger partial charge on any atom is -0.478 e. The largest absolute Gasteiger partial charge is 0.478 e. The number of aromatic nitrogens is 2. The number of piperazine rings is 1. The van der Waals surface area contributed by atoms with Gasteiger partial charge in [-0.25, -0.2) is 17.5 Å². The van der Waals surface area contributed by atoms with E-state index in [-0.39, 0.29) is 22.2 Å². The standard InChI is InChI=1S/C22H25FN4O4S2/c1-17(30-20-10-6-5-9-19(20)23)21-24-27(22(32)31-21)16-25-11-13-26(14-12-25)33(28,29)15-18-7-3-2-4-8-18/h2-10,17H,11-16H2,1H3/t17-/m0/s1. The topological polar surface area (TPSA) is 80.8 Å². The smallest absolute Gasteiger partial charge is 0.288 e. The first-order valence-electron chi connectivity index (χ1n) is 10.5. The van der Waals surface area contributed by atoms with Crippen molar-refractivity contribution < 1.29 is 22.0 Å². The normalized spacial score (nSPS) is 16.5. The van der Waals surface area contributed by atoms with E-state index in [2.05, 4.69) is 10.00 Å². The molecule has 2 aromatic carbocycles. The first-order valence-corrected chi connectivity index (χ1v) is 12.6. The van der Waals surface area contributed by atoms with Gasteiger partial charge in [0.05, 0.1) is 12.4 Å². The second-order valence-electron chi connectivity index (χ2n) is 7.80. The second kappa shape index (κ2) is 10.1. The highest BCUT2D eigenvalue weighted by Crippen LogP contribution is 2.23. The van der Waals surface area contributed by atoms with Crippen LogP contribution in [0, 0.1) is 10.7 Å². The lowest BCUT2D eigenvalue weighted by atomic mass is 10.2. The Bertz CT molecular complexity index is 1240. The van der Waals surface area contributed by atoms with E-state index in [0.29, 0.717) is 32.8 Å². The predicted molar refractivity (Wildman–Crippen MR) is 123 cm³/mol. The predicted octanol–water partition coefficient (Wildman–Crippen LogP) is 3.59. The van der Waals surface area contributed by atoms with Crippen LogP contribution in [0.5, 0.6) is 5.75 Å². The van der Waals surface area contributed by atoms with E-state index < -0.39 is 21.9 Å².